The predicted octanol–water partition coefficient (Wildman–Crippen LogP) is 0.488. The molecule has 12 heavy (non-hydrogen) atoms. The number of nitrogens with one attached hydrogen (secondary N) is 1. The molecule has 2 heterocycles. The smallest absolute Gasteiger partial charge is 0.153 e. The van der Waals surface area contributed by atoms with E-state index in [0.717, 1.165) is 45.4 Å². The van der Waals surface area contributed by atoms with Gasteiger partial charge in [0.2, 0.25) is 0 Å². The van der Waals surface area contributed by atoms with Gasteiger partial charge in [0, 0.05) is 19.6 Å². The van der Waals surface area contributed by atoms with Gasteiger partial charge in [0.1, 0.15) is 0 Å². The van der Waals surface area contributed by atoms with Crippen LogP contribution in [0, 0.1) is 0 Å². The zero-order valence-electron chi connectivity index (χ0n) is 7.27. The maximum absolute atomic E-state index is 11.7. The van der Waals surface area contributed by atoms with Crippen molar-refractivity contribution in [3.63, 3.8) is 0 Å². The summed E-state index contributed by atoms with van der Waals surface area (Å²) < 4.78 is 5.25. The van der Waals surface area contributed by atoms with E-state index >= 15 is 0 Å². The average Bonchev–Trinajstić information content (AvgIpc) is 2.12. The Labute approximate surface area is 72.5 Å². The molecule has 1 N–H and O–H groups in total. The minimum absolute atomic E-state index is 0.198. The lowest BCUT2D eigenvalue weighted by molar-refractivity contribution is -0.131. The van der Waals surface area contributed by atoms with Gasteiger partial charge >= 0.3 is 0 Å². The number of piperidine rings is 1. The van der Waals surface area contributed by atoms with Gasteiger partial charge in [0.25, 0.3) is 0 Å². The minimum atomic E-state index is -0.198. The highest BCUT2D eigenvalue weighted by Crippen LogP contribution is 2.26. The lowest BCUT2D eigenvalue weighted by atomic mass is 9.81. The van der Waals surface area contributed by atoms with Gasteiger partial charge in [-0.25, -0.2) is 0 Å². The zero-order chi connectivity index (χ0) is 8.44. The Bertz CT molecular complexity index is 177. The van der Waals surface area contributed by atoms with Crippen LogP contribution in [0.15, 0.2) is 0 Å². The van der Waals surface area contributed by atoms with Crippen LogP contribution in [0.1, 0.15) is 25.7 Å². The Kier molecular flexibility index (Phi) is 2.15. The molecule has 68 valence electrons. The molecule has 1 spiro atoms. The highest BCUT2D eigenvalue weighted by molar-refractivity contribution is 5.89. The van der Waals surface area contributed by atoms with E-state index in [2.05, 4.69) is 5.32 Å². The van der Waals surface area contributed by atoms with Gasteiger partial charge in [-0.3, -0.25) is 4.79 Å². The molecule has 0 radical (unpaired) electrons. The molecule has 0 amide bonds. The monoisotopic (exact) mass is 169 g/mol. The van der Waals surface area contributed by atoms with Crippen LogP contribution in [0.25, 0.3) is 0 Å². The van der Waals surface area contributed by atoms with Crippen LogP contribution in [0.5, 0.6) is 0 Å². The van der Waals surface area contributed by atoms with E-state index in [-0.39, 0.29) is 5.54 Å². The highest BCUT2D eigenvalue weighted by atomic mass is 16.5. The molecule has 2 rings (SSSR count). The molecule has 2 aliphatic heterocycles. The molecule has 2 fully saturated rings. The summed E-state index contributed by atoms with van der Waals surface area (Å²) in [6.45, 7) is 2.46. The summed E-state index contributed by atoms with van der Waals surface area (Å²) in [7, 11) is 0. The second-order valence-corrected chi connectivity index (χ2v) is 3.65. The normalized spacial score (nSPS) is 29.2. The summed E-state index contributed by atoms with van der Waals surface area (Å²) >= 11 is 0. The quantitative estimate of drug-likeness (QED) is 0.573. The number of hydrogen-bond acceptors (Lipinski definition) is 3. The van der Waals surface area contributed by atoms with Crippen molar-refractivity contribution in [3.8, 4) is 0 Å². The van der Waals surface area contributed by atoms with Crippen molar-refractivity contribution in [1.29, 1.82) is 0 Å². The Morgan fingerprint density at radius 2 is 2.08 bits per heavy atom. The summed E-state index contributed by atoms with van der Waals surface area (Å²) in [4.78, 5) is 11.7. The van der Waals surface area contributed by atoms with Crippen molar-refractivity contribution in [1.82, 2.24) is 5.32 Å². The first-order valence-electron chi connectivity index (χ1n) is 4.70. The minimum Gasteiger partial charge on any atom is -0.381 e. The number of Topliss-reactive ketones (excluding diaryl/α,β-unsaturated/α-hetero) is 1. The van der Waals surface area contributed by atoms with Crippen molar-refractivity contribution in [2.45, 2.75) is 31.2 Å². The second kappa shape index (κ2) is 3.15. The zero-order valence-corrected chi connectivity index (χ0v) is 7.27. The first-order valence-corrected chi connectivity index (χ1v) is 4.70. The van der Waals surface area contributed by atoms with Crippen LogP contribution < -0.4 is 5.32 Å². The van der Waals surface area contributed by atoms with Crippen LogP contribution in [-0.2, 0) is 9.53 Å². The lowest BCUT2D eigenvalue weighted by Gasteiger charge is -2.39. The summed E-state index contributed by atoms with van der Waals surface area (Å²) in [6, 6.07) is 0. The number of rotatable bonds is 0. The van der Waals surface area contributed by atoms with Crippen LogP contribution in [0.2, 0.25) is 0 Å². The first-order chi connectivity index (χ1) is 5.83. The summed E-state index contributed by atoms with van der Waals surface area (Å²) in [6.07, 6.45) is 3.49. The van der Waals surface area contributed by atoms with Crippen molar-refractivity contribution in [2.24, 2.45) is 0 Å². The molecule has 2 aliphatic rings. The van der Waals surface area contributed by atoms with Crippen molar-refractivity contribution in [3.05, 3.63) is 0 Å². The fourth-order valence-corrected chi connectivity index (χ4v) is 2.09. The van der Waals surface area contributed by atoms with Crippen LogP contribution in [0.4, 0.5) is 0 Å². The third-order valence-corrected chi connectivity index (χ3v) is 2.92. The number of ketones is 1. The molecule has 0 aromatic heterocycles. The molecular formula is C9H15NO2. The first kappa shape index (κ1) is 8.20. The van der Waals surface area contributed by atoms with Crippen LogP contribution in [0.3, 0.4) is 0 Å². The van der Waals surface area contributed by atoms with Crippen molar-refractivity contribution < 1.29 is 9.53 Å². The third kappa shape index (κ3) is 1.27. The average molecular weight is 169 g/mol. The Hall–Kier alpha value is -0.410. The van der Waals surface area contributed by atoms with Gasteiger partial charge in [-0.05, 0) is 25.8 Å². The van der Waals surface area contributed by atoms with E-state index in [1.165, 1.54) is 0 Å². The van der Waals surface area contributed by atoms with Gasteiger partial charge in [-0.2, -0.15) is 0 Å². The van der Waals surface area contributed by atoms with E-state index in [9.17, 15) is 4.79 Å². The standard InChI is InChI=1S/C9H15NO2/c11-8-2-1-5-10-9(8)3-6-12-7-4-9/h10H,1-7H2. The maximum Gasteiger partial charge on any atom is 0.153 e. The highest BCUT2D eigenvalue weighted by Gasteiger charge is 2.40. The van der Waals surface area contributed by atoms with Gasteiger partial charge in [0.05, 0.1) is 5.54 Å². The van der Waals surface area contributed by atoms with E-state index in [0.29, 0.717) is 5.78 Å². The summed E-state index contributed by atoms with van der Waals surface area (Å²) in [5, 5.41) is 3.35. The molecule has 0 aliphatic carbocycles. The van der Waals surface area contributed by atoms with E-state index < -0.39 is 0 Å². The van der Waals surface area contributed by atoms with Gasteiger partial charge in [0.15, 0.2) is 5.78 Å². The molecule has 0 atom stereocenters. The van der Waals surface area contributed by atoms with E-state index in [1.807, 2.05) is 0 Å². The largest absolute Gasteiger partial charge is 0.381 e. The third-order valence-electron chi connectivity index (χ3n) is 2.92. The fourth-order valence-electron chi connectivity index (χ4n) is 2.09. The van der Waals surface area contributed by atoms with Crippen LogP contribution >= 0.6 is 0 Å². The van der Waals surface area contributed by atoms with Crippen molar-refractivity contribution in [2.75, 3.05) is 19.8 Å². The SMILES string of the molecule is O=C1CCCNC12CCOCC2. The Morgan fingerprint density at radius 3 is 2.75 bits per heavy atom. The number of carbonyl (C=O) groups is 1. The maximum atomic E-state index is 11.7. The van der Waals surface area contributed by atoms with Crippen molar-refractivity contribution >= 4 is 5.78 Å². The molecule has 2 saturated heterocycles. The summed E-state index contributed by atoms with van der Waals surface area (Å²) in [5.41, 5.74) is -0.198. The molecule has 0 unspecified atom stereocenters. The summed E-state index contributed by atoms with van der Waals surface area (Å²) in [5.74, 6) is 0.400. The molecule has 0 bridgehead atoms. The number of carbonyl (C=O) groups excluding carboxylic acids is 1. The molecular weight excluding hydrogens is 154 g/mol. The molecule has 0 saturated carbocycles. The van der Waals surface area contributed by atoms with Gasteiger partial charge < -0.3 is 10.1 Å². The molecule has 3 nitrogen and oxygen atoms in total. The Morgan fingerprint density at radius 1 is 1.33 bits per heavy atom. The fraction of sp³-hybridized carbons (Fsp3) is 0.889. The lowest BCUT2D eigenvalue weighted by Crippen LogP contribution is -2.58. The molecule has 3 heteroatoms. The molecule has 0 aromatic carbocycles. The van der Waals surface area contributed by atoms with Crippen LogP contribution in [-0.4, -0.2) is 31.1 Å². The topological polar surface area (TPSA) is 38.3 Å². The van der Waals surface area contributed by atoms with E-state index in [1.54, 1.807) is 0 Å². The van der Waals surface area contributed by atoms with E-state index in [4.69, 9.17) is 4.74 Å². The molecule has 0 aromatic rings. The van der Waals surface area contributed by atoms with Gasteiger partial charge in [-0.1, -0.05) is 0 Å². The predicted molar refractivity (Wildman–Crippen MR) is 45.0 cm³/mol. The number of ether oxygens (including phenoxy) is 1. The number of hydrogen-bond donors (Lipinski definition) is 1. The second-order valence-electron chi connectivity index (χ2n) is 3.65. The van der Waals surface area contributed by atoms with Gasteiger partial charge in [-0.15, -0.1) is 0 Å². The Balaban J connectivity index is 2.09.